The largest absolute Gasteiger partial charge is 0.477 e. The minimum absolute atomic E-state index is 0.118. The van der Waals surface area contributed by atoms with E-state index in [1.54, 1.807) is 13.8 Å². The first-order valence-electron chi connectivity index (χ1n) is 6.13. The zero-order valence-corrected chi connectivity index (χ0v) is 11.4. The number of carboxylic acids is 1. The van der Waals surface area contributed by atoms with Gasteiger partial charge in [-0.15, -0.1) is 5.10 Å². The fourth-order valence-electron chi connectivity index (χ4n) is 1.60. The summed E-state index contributed by atoms with van der Waals surface area (Å²) in [4.78, 5) is 11.2. The molecule has 5 nitrogen and oxygen atoms in total. The number of ether oxygens (including phenoxy) is 1. The molecule has 0 saturated carbocycles. The van der Waals surface area contributed by atoms with Crippen molar-refractivity contribution in [2.24, 2.45) is 5.92 Å². The van der Waals surface area contributed by atoms with Gasteiger partial charge in [0.1, 0.15) is 5.56 Å². The monoisotopic (exact) mass is 252 g/mol. The third-order valence-electron chi connectivity index (χ3n) is 2.80. The first-order chi connectivity index (χ1) is 8.43. The molecule has 1 aromatic heterocycles. The van der Waals surface area contributed by atoms with Gasteiger partial charge >= 0.3 is 5.97 Å². The molecule has 0 fully saturated rings. The summed E-state index contributed by atoms with van der Waals surface area (Å²) in [5.41, 5.74) is 1.34. The maximum Gasteiger partial charge on any atom is 0.341 e. The third kappa shape index (κ3) is 3.68. The highest BCUT2D eigenvalue weighted by Crippen LogP contribution is 2.20. The van der Waals surface area contributed by atoms with Gasteiger partial charge in [-0.25, -0.2) is 4.79 Å². The Kier molecular flexibility index (Phi) is 5.07. The van der Waals surface area contributed by atoms with Crippen LogP contribution in [0.3, 0.4) is 0 Å². The number of nitrogens with zero attached hydrogens (tertiary/aromatic N) is 2. The van der Waals surface area contributed by atoms with Gasteiger partial charge in [0.25, 0.3) is 0 Å². The molecule has 0 aromatic carbocycles. The van der Waals surface area contributed by atoms with Crippen LogP contribution in [0.2, 0.25) is 0 Å². The lowest BCUT2D eigenvalue weighted by Crippen LogP contribution is -2.11. The van der Waals surface area contributed by atoms with Crippen LogP contribution >= 0.6 is 0 Å². The van der Waals surface area contributed by atoms with Crippen LogP contribution in [0.15, 0.2) is 0 Å². The molecular formula is C13H20N2O3. The van der Waals surface area contributed by atoms with Crippen molar-refractivity contribution in [2.75, 3.05) is 6.61 Å². The van der Waals surface area contributed by atoms with Crippen molar-refractivity contribution >= 4 is 5.97 Å². The summed E-state index contributed by atoms with van der Waals surface area (Å²) in [6, 6.07) is 0. The molecule has 1 N–H and O–H groups in total. The predicted octanol–water partition coefficient (Wildman–Crippen LogP) is 2.61. The molecule has 0 radical (unpaired) electrons. The molecular weight excluding hydrogens is 232 g/mol. The summed E-state index contributed by atoms with van der Waals surface area (Å²) in [7, 11) is 0. The van der Waals surface area contributed by atoms with Gasteiger partial charge in [0.05, 0.1) is 12.3 Å². The summed E-state index contributed by atoms with van der Waals surface area (Å²) in [5, 5.41) is 16.9. The van der Waals surface area contributed by atoms with E-state index in [9.17, 15) is 4.79 Å². The van der Waals surface area contributed by atoms with Crippen molar-refractivity contribution in [2.45, 2.75) is 40.5 Å². The minimum Gasteiger partial charge on any atom is -0.477 e. The molecule has 1 rings (SSSR count). The van der Waals surface area contributed by atoms with E-state index in [-0.39, 0.29) is 11.4 Å². The smallest absolute Gasteiger partial charge is 0.341 e. The molecule has 0 bridgehead atoms. The van der Waals surface area contributed by atoms with Crippen molar-refractivity contribution in [3.05, 3.63) is 16.8 Å². The summed E-state index contributed by atoms with van der Waals surface area (Å²) in [6.07, 6.45) is 1.92. The zero-order chi connectivity index (χ0) is 13.7. The van der Waals surface area contributed by atoms with E-state index in [0.29, 0.717) is 23.8 Å². The van der Waals surface area contributed by atoms with Crippen LogP contribution in [0.1, 0.15) is 48.3 Å². The fourth-order valence-corrected chi connectivity index (χ4v) is 1.60. The van der Waals surface area contributed by atoms with Crippen molar-refractivity contribution in [3.8, 4) is 5.88 Å². The highest BCUT2D eigenvalue weighted by Gasteiger charge is 2.18. The molecule has 0 amide bonds. The van der Waals surface area contributed by atoms with E-state index < -0.39 is 5.97 Å². The summed E-state index contributed by atoms with van der Waals surface area (Å²) in [6.45, 7) is 8.19. The number of rotatable bonds is 6. The number of carboxylic acid groups (broad SMARTS) is 1. The van der Waals surface area contributed by atoms with Gasteiger partial charge in [0.2, 0.25) is 5.88 Å². The van der Waals surface area contributed by atoms with Gasteiger partial charge in [0, 0.05) is 0 Å². The summed E-state index contributed by atoms with van der Waals surface area (Å²) in [5.74, 6) is -0.294. The summed E-state index contributed by atoms with van der Waals surface area (Å²) >= 11 is 0. The molecule has 100 valence electrons. The second-order valence-electron chi connectivity index (χ2n) is 4.78. The second-order valence-corrected chi connectivity index (χ2v) is 4.78. The Bertz CT molecular complexity index is 430. The lowest BCUT2D eigenvalue weighted by Gasteiger charge is -2.11. The molecule has 0 spiro atoms. The van der Waals surface area contributed by atoms with Crippen LogP contribution in [-0.4, -0.2) is 27.9 Å². The number of hydrogen-bond acceptors (Lipinski definition) is 4. The van der Waals surface area contributed by atoms with Gasteiger partial charge in [-0.05, 0) is 38.2 Å². The predicted molar refractivity (Wildman–Crippen MR) is 68.0 cm³/mol. The number of aryl methyl sites for hydroxylation is 1. The number of aromatic nitrogens is 2. The van der Waals surface area contributed by atoms with Crippen LogP contribution in [0, 0.1) is 19.8 Å². The molecule has 0 aliphatic rings. The number of carbonyl (C=O) groups is 1. The number of hydrogen-bond donors (Lipinski definition) is 1. The van der Waals surface area contributed by atoms with Gasteiger partial charge in [0.15, 0.2) is 0 Å². The Labute approximate surface area is 107 Å². The zero-order valence-electron chi connectivity index (χ0n) is 11.4. The first kappa shape index (κ1) is 14.4. The van der Waals surface area contributed by atoms with Crippen LogP contribution in [0.4, 0.5) is 0 Å². The molecule has 0 aliphatic heterocycles. The SMILES string of the molecule is Cc1nnc(OCCCC(C)C)c(C(=O)O)c1C. The average Bonchev–Trinajstić information content (AvgIpc) is 2.28. The normalized spacial score (nSPS) is 10.7. The number of aromatic carboxylic acids is 1. The van der Waals surface area contributed by atoms with E-state index in [1.807, 2.05) is 0 Å². The fraction of sp³-hybridized carbons (Fsp3) is 0.615. The van der Waals surface area contributed by atoms with Crippen LogP contribution < -0.4 is 4.74 Å². The molecule has 0 saturated heterocycles. The Hall–Kier alpha value is -1.65. The van der Waals surface area contributed by atoms with Gasteiger partial charge in [-0.2, -0.15) is 5.10 Å². The average molecular weight is 252 g/mol. The third-order valence-corrected chi connectivity index (χ3v) is 2.80. The first-order valence-corrected chi connectivity index (χ1v) is 6.13. The maximum atomic E-state index is 11.2. The van der Waals surface area contributed by atoms with E-state index in [2.05, 4.69) is 24.0 Å². The van der Waals surface area contributed by atoms with Crippen LogP contribution in [0.25, 0.3) is 0 Å². The second kappa shape index (κ2) is 6.33. The minimum atomic E-state index is -1.02. The Morgan fingerprint density at radius 1 is 1.33 bits per heavy atom. The quantitative estimate of drug-likeness (QED) is 0.788. The maximum absolute atomic E-state index is 11.2. The van der Waals surface area contributed by atoms with E-state index in [1.165, 1.54) is 0 Å². The molecule has 1 heterocycles. The van der Waals surface area contributed by atoms with E-state index in [4.69, 9.17) is 9.84 Å². The van der Waals surface area contributed by atoms with Crippen molar-refractivity contribution in [3.63, 3.8) is 0 Å². The van der Waals surface area contributed by atoms with E-state index in [0.717, 1.165) is 12.8 Å². The molecule has 0 atom stereocenters. The van der Waals surface area contributed by atoms with Crippen molar-refractivity contribution in [1.29, 1.82) is 0 Å². The van der Waals surface area contributed by atoms with Crippen molar-refractivity contribution < 1.29 is 14.6 Å². The summed E-state index contributed by atoms with van der Waals surface area (Å²) < 4.78 is 5.43. The van der Waals surface area contributed by atoms with Gasteiger partial charge in [-0.3, -0.25) is 0 Å². The van der Waals surface area contributed by atoms with E-state index >= 15 is 0 Å². The molecule has 1 aromatic rings. The lowest BCUT2D eigenvalue weighted by atomic mass is 10.1. The lowest BCUT2D eigenvalue weighted by molar-refractivity contribution is 0.0689. The van der Waals surface area contributed by atoms with Crippen molar-refractivity contribution in [1.82, 2.24) is 10.2 Å². The van der Waals surface area contributed by atoms with Gasteiger partial charge < -0.3 is 9.84 Å². The highest BCUT2D eigenvalue weighted by molar-refractivity contribution is 5.91. The molecule has 5 heteroatoms. The Morgan fingerprint density at radius 3 is 2.56 bits per heavy atom. The van der Waals surface area contributed by atoms with Crippen LogP contribution in [0.5, 0.6) is 5.88 Å². The molecule has 0 unspecified atom stereocenters. The Morgan fingerprint density at radius 2 is 2.00 bits per heavy atom. The standard InChI is InChI=1S/C13H20N2O3/c1-8(2)6-5-7-18-12-11(13(16)17)9(3)10(4)14-15-12/h8H,5-7H2,1-4H3,(H,16,17). The van der Waals surface area contributed by atoms with Crippen LogP contribution in [-0.2, 0) is 0 Å². The van der Waals surface area contributed by atoms with Gasteiger partial charge in [-0.1, -0.05) is 13.8 Å². The molecule has 18 heavy (non-hydrogen) atoms. The topological polar surface area (TPSA) is 72.3 Å². The Balaban J connectivity index is 2.76. The highest BCUT2D eigenvalue weighted by atomic mass is 16.5. The molecule has 0 aliphatic carbocycles.